The fraction of sp³-hybridized carbons (Fsp3) is 0. The molecule has 0 bridgehead atoms. The molecule has 0 unspecified atom stereocenters. The zero-order valence-corrected chi connectivity index (χ0v) is 20.7. The Hall–Kier alpha value is -5.60. The number of hydrogen-bond acceptors (Lipinski definition) is 5. The summed E-state index contributed by atoms with van der Waals surface area (Å²) < 4.78 is 5.96. The predicted octanol–water partition coefficient (Wildman–Crippen LogP) is 8.31. The second-order valence-electron chi connectivity index (χ2n) is 9.24. The van der Waals surface area contributed by atoms with E-state index in [1.54, 1.807) is 0 Å². The molecule has 39 heavy (non-hydrogen) atoms. The number of nitrogens with zero attached hydrogens (tertiary/aromatic N) is 4. The van der Waals surface area contributed by atoms with Gasteiger partial charge in [0.15, 0.2) is 5.58 Å². The zero-order valence-electron chi connectivity index (χ0n) is 20.7. The van der Waals surface area contributed by atoms with E-state index in [4.69, 9.17) is 19.6 Å². The van der Waals surface area contributed by atoms with E-state index in [1.165, 1.54) is 0 Å². The Morgan fingerprint density at radius 1 is 0.462 bits per heavy atom. The molecule has 182 valence electrons. The molecule has 2 heterocycles. The van der Waals surface area contributed by atoms with Gasteiger partial charge >= 0.3 is 0 Å². The van der Waals surface area contributed by atoms with Gasteiger partial charge in [0.2, 0.25) is 5.89 Å². The molecule has 0 aliphatic carbocycles. The Morgan fingerprint density at radius 2 is 0.923 bits per heavy atom. The summed E-state index contributed by atoms with van der Waals surface area (Å²) in [4.78, 5) is 14.7. The molecule has 0 N–H and O–H groups in total. The van der Waals surface area contributed by atoms with E-state index in [9.17, 15) is 0 Å². The van der Waals surface area contributed by atoms with Gasteiger partial charge in [-0.1, -0.05) is 72.8 Å². The van der Waals surface area contributed by atoms with Gasteiger partial charge in [-0.15, -0.1) is 0 Å². The maximum atomic E-state index is 9.09. The smallest absolute Gasteiger partial charge is 0.227 e. The first kappa shape index (κ1) is 22.6. The third-order valence-electron chi connectivity index (χ3n) is 6.78. The largest absolute Gasteiger partial charge is 0.436 e. The number of aromatic nitrogens is 3. The summed E-state index contributed by atoms with van der Waals surface area (Å²) in [7, 11) is 0. The first-order chi connectivity index (χ1) is 19.2. The number of benzene rings is 5. The van der Waals surface area contributed by atoms with E-state index in [0.29, 0.717) is 11.5 Å². The molecule has 0 aliphatic rings. The van der Waals surface area contributed by atoms with E-state index in [-0.39, 0.29) is 0 Å². The van der Waals surface area contributed by atoms with Crippen LogP contribution in [0.5, 0.6) is 0 Å². The van der Waals surface area contributed by atoms with Crippen LogP contribution in [-0.4, -0.2) is 15.0 Å². The highest BCUT2D eigenvalue weighted by molar-refractivity contribution is 5.87. The van der Waals surface area contributed by atoms with Crippen molar-refractivity contribution in [2.24, 2.45) is 0 Å². The van der Waals surface area contributed by atoms with Crippen LogP contribution in [-0.2, 0) is 0 Å². The van der Waals surface area contributed by atoms with Gasteiger partial charge in [0.05, 0.1) is 34.1 Å². The van der Waals surface area contributed by atoms with Gasteiger partial charge < -0.3 is 4.42 Å². The standard InChI is InChI=1S/C34H20N4O/c35-21-22-9-11-23(12-10-22)24-13-15-25(16-14-24)32-33(37-29-6-2-1-5-28(29)36-32)26-17-19-27(20-18-26)34-38-30-7-3-4-8-31(30)39-34/h1-20H. The van der Waals surface area contributed by atoms with Crippen LogP contribution in [0.1, 0.15) is 5.56 Å². The van der Waals surface area contributed by atoms with Crippen LogP contribution < -0.4 is 0 Å². The Bertz CT molecular complexity index is 1970. The fourth-order valence-electron chi connectivity index (χ4n) is 4.73. The second-order valence-corrected chi connectivity index (χ2v) is 9.24. The van der Waals surface area contributed by atoms with Gasteiger partial charge in [0, 0.05) is 16.7 Å². The molecule has 7 aromatic rings. The SMILES string of the molecule is N#Cc1ccc(-c2ccc(-c3nc4ccccc4nc3-c3ccc(-c4nc5ccccc5o4)cc3)cc2)cc1. The van der Waals surface area contributed by atoms with E-state index in [2.05, 4.69) is 35.3 Å². The van der Waals surface area contributed by atoms with Crippen molar-refractivity contribution in [3.05, 3.63) is 127 Å². The van der Waals surface area contributed by atoms with Crippen molar-refractivity contribution in [2.45, 2.75) is 0 Å². The maximum absolute atomic E-state index is 9.09. The molecule has 0 radical (unpaired) electrons. The van der Waals surface area contributed by atoms with Crippen LogP contribution in [0.15, 0.2) is 126 Å². The monoisotopic (exact) mass is 500 g/mol. The molecule has 2 aromatic heterocycles. The second kappa shape index (κ2) is 9.37. The molecule has 0 atom stereocenters. The van der Waals surface area contributed by atoms with Gasteiger partial charge in [-0.05, 0) is 59.7 Å². The molecular weight excluding hydrogens is 480 g/mol. The predicted molar refractivity (Wildman–Crippen MR) is 154 cm³/mol. The van der Waals surface area contributed by atoms with Gasteiger partial charge in [0.25, 0.3) is 0 Å². The molecule has 5 heteroatoms. The van der Waals surface area contributed by atoms with Crippen LogP contribution in [0, 0.1) is 11.3 Å². The number of oxazole rings is 1. The van der Waals surface area contributed by atoms with Crippen molar-refractivity contribution in [3.8, 4) is 51.2 Å². The molecule has 0 amide bonds. The van der Waals surface area contributed by atoms with Crippen molar-refractivity contribution in [2.75, 3.05) is 0 Å². The lowest BCUT2D eigenvalue weighted by molar-refractivity contribution is 0.620. The summed E-state index contributed by atoms with van der Waals surface area (Å²) in [6.45, 7) is 0. The highest BCUT2D eigenvalue weighted by Crippen LogP contribution is 2.34. The summed E-state index contributed by atoms with van der Waals surface area (Å²) >= 11 is 0. The summed E-state index contributed by atoms with van der Waals surface area (Å²) in [6.07, 6.45) is 0. The van der Waals surface area contributed by atoms with E-state index >= 15 is 0 Å². The summed E-state index contributed by atoms with van der Waals surface area (Å²) in [5.74, 6) is 0.589. The molecule has 5 nitrogen and oxygen atoms in total. The number of fused-ring (bicyclic) bond motifs is 2. The summed E-state index contributed by atoms with van der Waals surface area (Å²) in [5.41, 5.74) is 10.5. The van der Waals surface area contributed by atoms with E-state index < -0.39 is 0 Å². The highest BCUT2D eigenvalue weighted by atomic mass is 16.3. The Kier molecular flexibility index (Phi) is 5.42. The first-order valence-electron chi connectivity index (χ1n) is 12.6. The highest BCUT2D eigenvalue weighted by Gasteiger charge is 2.15. The number of rotatable bonds is 4. The lowest BCUT2D eigenvalue weighted by Crippen LogP contribution is -1.95. The molecule has 0 saturated heterocycles. The maximum Gasteiger partial charge on any atom is 0.227 e. The molecule has 7 rings (SSSR count). The van der Waals surface area contributed by atoms with Crippen LogP contribution >= 0.6 is 0 Å². The molecular formula is C34H20N4O. The summed E-state index contributed by atoms with van der Waals surface area (Å²) in [5, 5.41) is 9.09. The van der Waals surface area contributed by atoms with Gasteiger partial charge in [-0.2, -0.15) is 5.26 Å². The fourth-order valence-corrected chi connectivity index (χ4v) is 4.73. The van der Waals surface area contributed by atoms with Gasteiger partial charge in [-0.25, -0.2) is 15.0 Å². The van der Waals surface area contributed by atoms with Gasteiger partial charge in [-0.3, -0.25) is 0 Å². The minimum Gasteiger partial charge on any atom is -0.436 e. The molecule has 5 aromatic carbocycles. The minimum absolute atomic E-state index is 0.589. The van der Waals surface area contributed by atoms with Crippen molar-refractivity contribution in [3.63, 3.8) is 0 Å². The molecule has 0 fully saturated rings. The molecule has 0 aliphatic heterocycles. The molecule has 0 spiro atoms. The van der Waals surface area contributed by atoms with Crippen molar-refractivity contribution >= 4 is 22.1 Å². The lowest BCUT2D eigenvalue weighted by atomic mass is 9.99. The van der Waals surface area contributed by atoms with Crippen LogP contribution in [0.2, 0.25) is 0 Å². The minimum atomic E-state index is 0.589. The van der Waals surface area contributed by atoms with E-state index in [0.717, 1.165) is 61.3 Å². The number of hydrogen-bond donors (Lipinski definition) is 0. The normalized spacial score (nSPS) is 11.1. The number of nitriles is 1. The molecule has 0 saturated carbocycles. The Balaban J connectivity index is 1.29. The lowest BCUT2D eigenvalue weighted by Gasteiger charge is -2.12. The topological polar surface area (TPSA) is 75.6 Å². The van der Waals surface area contributed by atoms with Crippen LogP contribution in [0.4, 0.5) is 0 Å². The quantitative estimate of drug-likeness (QED) is 0.243. The third kappa shape index (κ3) is 4.20. The third-order valence-corrected chi connectivity index (χ3v) is 6.78. The number of para-hydroxylation sites is 4. The first-order valence-corrected chi connectivity index (χ1v) is 12.6. The van der Waals surface area contributed by atoms with Crippen molar-refractivity contribution in [1.82, 2.24) is 15.0 Å². The Morgan fingerprint density at radius 3 is 1.46 bits per heavy atom. The average molecular weight is 501 g/mol. The van der Waals surface area contributed by atoms with E-state index in [1.807, 2.05) is 97.1 Å². The Labute approximate surface area is 224 Å². The van der Waals surface area contributed by atoms with Crippen LogP contribution in [0.3, 0.4) is 0 Å². The van der Waals surface area contributed by atoms with Gasteiger partial charge in [0.1, 0.15) is 5.52 Å². The van der Waals surface area contributed by atoms with Crippen molar-refractivity contribution in [1.29, 1.82) is 5.26 Å². The van der Waals surface area contributed by atoms with Crippen molar-refractivity contribution < 1.29 is 4.42 Å². The zero-order chi connectivity index (χ0) is 26.2. The average Bonchev–Trinajstić information content (AvgIpc) is 3.45. The van der Waals surface area contributed by atoms with Crippen LogP contribution in [0.25, 0.3) is 67.2 Å². The summed E-state index contributed by atoms with van der Waals surface area (Å²) in [6, 6.07) is 41.8.